The summed E-state index contributed by atoms with van der Waals surface area (Å²) in [5.74, 6) is 1.42. The molecule has 2 fully saturated rings. The predicted octanol–water partition coefficient (Wildman–Crippen LogP) is 1.89. The van der Waals surface area contributed by atoms with E-state index in [1.807, 2.05) is 36.6 Å². The Morgan fingerprint density at radius 3 is 2.63 bits per heavy atom. The second kappa shape index (κ2) is 11.0. The van der Waals surface area contributed by atoms with Crippen LogP contribution in [0.3, 0.4) is 0 Å². The van der Waals surface area contributed by atoms with Gasteiger partial charge in [0.05, 0.1) is 12.9 Å². The topological polar surface area (TPSA) is 109 Å². The number of likely N-dealkylation sites (tertiary alicyclic amines) is 2. The number of ether oxygens (including phenoxy) is 1. The summed E-state index contributed by atoms with van der Waals surface area (Å²) in [7, 11) is 3.91. The van der Waals surface area contributed by atoms with Crippen molar-refractivity contribution in [1.29, 1.82) is 0 Å². The number of piperidine rings is 1. The first-order valence-corrected chi connectivity index (χ1v) is 12.4. The normalized spacial score (nSPS) is 19.3. The van der Waals surface area contributed by atoms with Crippen molar-refractivity contribution in [2.45, 2.75) is 51.8 Å². The molecule has 190 valence electrons. The number of nitrogens with zero attached hydrogens (tertiary/aromatic N) is 7. The van der Waals surface area contributed by atoms with Crippen molar-refractivity contribution >= 4 is 29.0 Å². The molecule has 11 nitrogen and oxygen atoms in total. The van der Waals surface area contributed by atoms with Gasteiger partial charge in [0.15, 0.2) is 11.5 Å². The van der Waals surface area contributed by atoms with Gasteiger partial charge in [0, 0.05) is 51.3 Å². The SMILES string of the molecule is CCn1cnc2c(NC3CCN(C(=O)O[C@H]4CCN(C(=O)/C=C/CN(C)C)C4)CC3)nc(C)nc21. The molecule has 4 rings (SSSR count). The van der Waals surface area contributed by atoms with E-state index in [0.717, 1.165) is 36.4 Å². The number of amides is 2. The fraction of sp³-hybridized carbons (Fsp3) is 0.625. The Bertz CT molecular complexity index is 1070. The molecule has 0 aliphatic carbocycles. The minimum absolute atomic E-state index is 0.0323. The number of hydrogen-bond acceptors (Lipinski definition) is 8. The van der Waals surface area contributed by atoms with Gasteiger partial charge in [-0.2, -0.15) is 0 Å². The van der Waals surface area contributed by atoms with Crippen molar-refractivity contribution in [2.75, 3.05) is 52.1 Å². The molecule has 2 aromatic heterocycles. The van der Waals surface area contributed by atoms with Gasteiger partial charge in [0.1, 0.15) is 17.4 Å². The zero-order valence-electron chi connectivity index (χ0n) is 21.1. The molecule has 1 N–H and O–H groups in total. The highest BCUT2D eigenvalue weighted by Gasteiger charge is 2.31. The van der Waals surface area contributed by atoms with E-state index in [1.54, 1.807) is 22.2 Å². The summed E-state index contributed by atoms with van der Waals surface area (Å²) in [6.45, 7) is 7.72. The first kappa shape index (κ1) is 24.9. The van der Waals surface area contributed by atoms with Gasteiger partial charge in [-0.25, -0.2) is 19.7 Å². The van der Waals surface area contributed by atoms with E-state index in [4.69, 9.17) is 4.74 Å². The highest BCUT2D eigenvalue weighted by Crippen LogP contribution is 2.23. The molecule has 0 saturated carbocycles. The summed E-state index contributed by atoms with van der Waals surface area (Å²) in [5, 5.41) is 3.52. The van der Waals surface area contributed by atoms with E-state index in [9.17, 15) is 9.59 Å². The summed E-state index contributed by atoms with van der Waals surface area (Å²) < 4.78 is 7.73. The summed E-state index contributed by atoms with van der Waals surface area (Å²) in [4.78, 5) is 44.1. The highest BCUT2D eigenvalue weighted by atomic mass is 16.6. The van der Waals surface area contributed by atoms with Crippen LogP contribution < -0.4 is 5.32 Å². The number of likely N-dealkylation sites (N-methyl/N-ethyl adjacent to an activating group) is 1. The van der Waals surface area contributed by atoms with Gasteiger partial charge >= 0.3 is 6.09 Å². The first-order valence-electron chi connectivity index (χ1n) is 12.4. The largest absolute Gasteiger partial charge is 0.444 e. The number of carbonyl (C=O) groups is 2. The molecule has 0 unspecified atom stereocenters. The van der Waals surface area contributed by atoms with Crippen molar-refractivity contribution in [2.24, 2.45) is 0 Å². The number of imidazole rings is 1. The smallest absolute Gasteiger partial charge is 0.410 e. The molecule has 0 spiro atoms. The number of aromatic nitrogens is 4. The third kappa shape index (κ3) is 6.08. The van der Waals surface area contributed by atoms with E-state index in [2.05, 4.69) is 27.2 Å². The quantitative estimate of drug-likeness (QED) is 0.594. The van der Waals surface area contributed by atoms with Gasteiger partial charge in [-0.1, -0.05) is 6.08 Å². The van der Waals surface area contributed by atoms with Gasteiger partial charge in [-0.15, -0.1) is 0 Å². The van der Waals surface area contributed by atoms with Crippen LogP contribution in [0.25, 0.3) is 11.2 Å². The molecule has 2 aliphatic heterocycles. The lowest BCUT2D eigenvalue weighted by Gasteiger charge is -2.32. The van der Waals surface area contributed by atoms with Crippen molar-refractivity contribution in [3.05, 3.63) is 24.3 Å². The summed E-state index contributed by atoms with van der Waals surface area (Å²) >= 11 is 0. The maximum atomic E-state index is 12.7. The molecule has 2 saturated heterocycles. The van der Waals surface area contributed by atoms with Crippen LogP contribution in [0.5, 0.6) is 0 Å². The Hall–Kier alpha value is -3.21. The Kier molecular flexibility index (Phi) is 7.84. The lowest BCUT2D eigenvalue weighted by Crippen LogP contribution is -2.44. The molecule has 0 bridgehead atoms. The summed E-state index contributed by atoms with van der Waals surface area (Å²) in [6.07, 6.45) is 6.94. The Balaban J connectivity index is 1.25. The molecule has 2 aliphatic rings. The van der Waals surface area contributed by atoms with Crippen LogP contribution in [0, 0.1) is 6.92 Å². The first-order chi connectivity index (χ1) is 16.8. The van der Waals surface area contributed by atoms with Crippen LogP contribution in [-0.4, -0.2) is 105 Å². The Morgan fingerprint density at radius 2 is 1.91 bits per heavy atom. The monoisotopic (exact) mass is 484 g/mol. The number of nitrogens with one attached hydrogen (secondary N) is 1. The lowest BCUT2D eigenvalue weighted by molar-refractivity contribution is -0.125. The van der Waals surface area contributed by atoms with Gasteiger partial charge in [-0.05, 0) is 40.8 Å². The number of rotatable bonds is 7. The third-order valence-corrected chi connectivity index (χ3v) is 6.47. The van der Waals surface area contributed by atoms with Crippen LogP contribution >= 0.6 is 0 Å². The molecule has 0 aromatic carbocycles. The third-order valence-electron chi connectivity index (χ3n) is 6.47. The molecule has 2 aromatic rings. The maximum Gasteiger partial charge on any atom is 0.410 e. The van der Waals surface area contributed by atoms with Crippen molar-refractivity contribution in [1.82, 2.24) is 34.2 Å². The van der Waals surface area contributed by atoms with Gasteiger partial charge in [-0.3, -0.25) is 4.79 Å². The van der Waals surface area contributed by atoms with Crippen molar-refractivity contribution in [3.8, 4) is 0 Å². The minimum Gasteiger partial charge on any atom is -0.444 e. The fourth-order valence-electron chi connectivity index (χ4n) is 4.50. The molecule has 4 heterocycles. The van der Waals surface area contributed by atoms with Crippen LogP contribution in [-0.2, 0) is 16.1 Å². The number of hydrogen-bond donors (Lipinski definition) is 1. The minimum atomic E-state index is -0.298. The number of carbonyl (C=O) groups excluding carboxylic acids is 2. The van der Waals surface area contributed by atoms with Gasteiger partial charge in [0.2, 0.25) is 5.91 Å². The van der Waals surface area contributed by atoms with E-state index >= 15 is 0 Å². The molecule has 0 radical (unpaired) electrons. The average molecular weight is 485 g/mol. The fourth-order valence-corrected chi connectivity index (χ4v) is 4.50. The molecule has 1 atom stereocenters. The van der Waals surface area contributed by atoms with Crippen LogP contribution in [0.15, 0.2) is 18.5 Å². The van der Waals surface area contributed by atoms with Crippen LogP contribution in [0.4, 0.5) is 10.6 Å². The maximum absolute atomic E-state index is 12.7. The Labute approximate surface area is 206 Å². The average Bonchev–Trinajstić information content (AvgIpc) is 3.46. The summed E-state index contributed by atoms with van der Waals surface area (Å²) in [6, 6.07) is 0.192. The van der Waals surface area contributed by atoms with E-state index < -0.39 is 0 Å². The van der Waals surface area contributed by atoms with E-state index in [0.29, 0.717) is 45.0 Å². The Morgan fingerprint density at radius 1 is 1.17 bits per heavy atom. The van der Waals surface area contributed by atoms with E-state index in [1.165, 1.54) is 0 Å². The predicted molar refractivity (Wildman–Crippen MR) is 133 cm³/mol. The van der Waals surface area contributed by atoms with Gasteiger partial charge in [0.25, 0.3) is 0 Å². The highest BCUT2D eigenvalue weighted by molar-refractivity contribution is 5.88. The lowest BCUT2D eigenvalue weighted by atomic mass is 10.1. The molecule has 35 heavy (non-hydrogen) atoms. The van der Waals surface area contributed by atoms with Crippen molar-refractivity contribution < 1.29 is 14.3 Å². The zero-order valence-corrected chi connectivity index (χ0v) is 21.1. The summed E-state index contributed by atoms with van der Waals surface area (Å²) in [5.41, 5.74) is 1.61. The molecular weight excluding hydrogens is 448 g/mol. The number of aryl methyl sites for hydroxylation is 2. The van der Waals surface area contributed by atoms with Crippen LogP contribution in [0.2, 0.25) is 0 Å². The molecular formula is C24H36N8O3. The second-order valence-electron chi connectivity index (χ2n) is 9.47. The second-order valence-corrected chi connectivity index (χ2v) is 9.47. The van der Waals surface area contributed by atoms with Crippen molar-refractivity contribution in [3.63, 3.8) is 0 Å². The standard InChI is InChI=1S/C24H36N8O3/c1-5-30-16-25-21-22(26-17(2)27-23(21)30)28-18-8-12-31(13-9-18)24(34)35-19-10-14-32(15-19)20(33)7-6-11-29(3)4/h6-7,16,18-19H,5,8-15H2,1-4H3,(H,26,27,28)/b7-6+/t19-/m0/s1. The number of fused-ring (bicyclic) bond motifs is 1. The molecule has 11 heteroatoms. The zero-order chi connectivity index (χ0) is 24.9. The van der Waals surface area contributed by atoms with Crippen LogP contribution in [0.1, 0.15) is 32.0 Å². The number of anilines is 1. The van der Waals surface area contributed by atoms with E-state index in [-0.39, 0.29) is 24.1 Å². The molecule has 2 amide bonds. The van der Waals surface area contributed by atoms with Gasteiger partial charge < -0.3 is 29.3 Å².